The Balaban J connectivity index is 1.18. The largest absolute Gasteiger partial charge is 0.464 e. The molecular formula is C47H62N8O5S. The van der Waals surface area contributed by atoms with Crippen molar-refractivity contribution in [2.45, 2.75) is 105 Å². The Morgan fingerprint density at radius 1 is 1.08 bits per heavy atom. The number of nitrogens with zero attached hydrogens (tertiary/aromatic N) is 6. The van der Waals surface area contributed by atoms with Gasteiger partial charge in [0.25, 0.3) is 5.91 Å². The van der Waals surface area contributed by atoms with Crippen molar-refractivity contribution in [1.82, 2.24) is 35.2 Å². The number of anilines is 1. The number of nitrogens with one attached hydrogen (secondary N) is 2. The molecule has 13 nitrogen and oxygen atoms in total. The summed E-state index contributed by atoms with van der Waals surface area (Å²) in [5, 5.41) is 8.66. The standard InChI is InChI=1S/C47H62N8O5S/c1-8-52-15-17-53(18-16-52)32-21-34(41(48-24-32)29(4)59-7)43-35-23-47(5,6)26-60-46(58)36-12-10-14-55(51-36)45(57)37(50-44(56)40-27(2)28(40)3)22-39-49-38(25-61-39)31-19-30-11-9-13-54(43)42(30)33(35)20-31/h19-21,24-25,27-29,36-37,40,51H,8-18,22-23,26H2,1-7H3,(H,50,56)/t27-,28+,29-,36-,37-,40?/m0/s1. The van der Waals surface area contributed by atoms with Crippen molar-refractivity contribution in [3.63, 3.8) is 0 Å². The average molecular weight is 851 g/mol. The van der Waals surface area contributed by atoms with Crippen molar-refractivity contribution in [3.05, 3.63) is 51.6 Å². The summed E-state index contributed by atoms with van der Waals surface area (Å²) < 4.78 is 14.7. The number of hydrazine groups is 1. The molecule has 3 aromatic heterocycles. The van der Waals surface area contributed by atoms with E-state index in [0.717, 1.165) is 91.0 Å². The van der Waals surface area contributed by atoms with Crippen LogP contribution in [0.4, 0.5) is 5.69 Å². The second-order valence-electron chi connectivity index (χ2n) is 18.9. The van der Waals surface area contributed by atoms with Crippen molar-refractivity contribution in [2.75, 3.05) is 57.9 Å². The van der Waals surface area contributed by atoms with E-state index in [2.05, 4.69) is 90.2 Å². The Labute approximate surface area is 363 Å². The third-order valence-electron chi connectivity index (χ3n) is 14.2. The molecule has 7 heterocycles. The fourth-order valence-corrected chi connectivity index (χ4v) is 11.1. The van der Waals surface area contributed by atoms with Gasteiger partial charge in [0, 0.05) is 86.0 Å². The number of aromatic nitrogens is 3. The Kier molecular flexibility index (Phi) is 11.5. The fraction of sp³-hybridized carbons (Fsp3) is 0.596. The number of fused-ring (bicyclic) bond motifs is 6. The van der Waals surface area contributed by atoms with E-state index in [0.29, 0.717) is 25.8 Å². The number of hydrogen-bond acceptors (Lipinski definition) is 11. The normalized spacial score (nSPS) is 26.2. The number of rotatable bonds is 7. The number of piperazine rings is 1. The molecule has 1 aliphatic carbocycles. The topological polar surface area (TPSA) is 134 Å². The third-order valence-corrected chi connectivity index (χ3v) is 15.1. The van der Waals surface area contributed by atoms with E-state index in [4.69, 9.17) is 19.4 Å². The summed E-state index contributed by atoms with van der Waals surface area (Å²) in [6.07, 6.45) is 5.80. The lowest BCUT2D eigenvalue weighted by Gasteiger charge is -2.36. The van der Waals surface area contributed by atoms with Gasteiger partial charge in [-0.05, 0) is 86.7 Å². The molecule has 2 saturated heterocycles. The Morgan fingerprint density at radius 3 is 2.61 bits per heavy atom. The van der Waals surface area contributed by atoms with E-state index in [1.165, 1.54) is 38.4 Å². The van der Waals surface area contributed by atoms with E-state index in [9.17, 15) is 14.4 Å². The quantitative estimate of drug-likeness (QED) is 0.208. The number of likely N-dealkylation sites (N-methyl/N-ethyl adjacent to an activating group) is 1. The van der Waals surface area contributed by atoms with Crippen molar-refractivity contribution in [2.24, 2.45) is 23.2 Å². The third kappa shape index (κ3) is 8.09. The van der Waals surface area contributed by atoms with Crippen molar-refractivity contribution in [3.8, 4) is 22.5 Å². The minimum Gasteiger partial charge on any atom is -0.464 e. The summed E-state index contributed by atoms with van der Waals surface area (Å²) in [6.45, 7) is 19.3. The molecule has 3 fully saturated rings. The molecule has 9 rings (SSSR count). The van der Waals surface area contributed by atoms with Crippen LogP contribution in [-0.4, -0.2) is 107 Å². The molecule has 5 aliphatic rings. The average Bonchev–Trinajstić information content (AvgIpc) is 3.52. The van der Waals surface area contributed by atoms with Gasteiger partial charge in [0.05, 0.1) is 52.2 Å². The molecule has 1 aromatic carbocycles. The van der Waals surface area contributed by atoms with Gasteiger partial charge in [-0.3, -0.25) is 24.4 Å². The number of carbonyl (C=O) groups is 3. The minimum absolute atomic E-state index is 0.104. The lowest BCUT2D eigenvalue weighted by atomic mass is 9.84. The van der Waals surface area contributed by atoms with Gasteiger partial charge < -0.3 is 29.2 Å². The van der Waals surface area contributed by atoms with Gasteiger partial charge in [-0.1, -0.05) is 34.6 Å². The SMILES string of the molecule is CCN1CCN(c2cnc([C@H](C)OC)c(-c3c4c5cc(cc6c5n3CCC6)-c3csc(n3)C[C@H](NC(=O)C3[C@@H](C)[C@H]3C)C(=O)N3CCC[C@H](N3)C(=O)OCC(C)(C)C4)c2)CC1. The van der Waals surface area contributed by atoms with Crippen LogP contribution in [0.15, 0.2) is 29.8 Å². The molecule has 1 saturated carbocycles. The summed E-state index contributed by atoms with van der Waals surface area (Å²) in [5.41, 5.74) is 12.6. The number of esters is 1. The van der Waals surface area contributed by atoms with Crippen LogP contribution in [0.25, 0.3) is 33.4 Å². The monoisotopic (exact) mass is 850 g/mol. The van der Waals surface area contributed by atoms with Gasteiger partial charge >= 0.3 is 5.97 Å². The minimum atomic E-state index is -0.831. The molecule has 0 spiro atoms. The Bertz CT molecular complexity index is 2320. The van der Waals surface area contributed by atoms with Gasteiger partial charge in [-0.25, -0.2) is 10.4 Å². The number of benzene rings is 1. The van der Waals surface area contributed by atoms with Crippen LogP contribution in [-0.2, 0) is 49.7 Å². The predicted octanol–water partition coefficient (Wildman–Crippen LogP) is 6.17. The zero-order valence-corrected chi connectivity index (χ0v) is 37.7. The van der Waals surface area contributed by atoms with E-state index in [1.807, 2.05) is 6.20 Å². The maximum absolute atomic E-state index is 14.3. The molecule has 61 heavy (non-hydrogen) atoms. The maximum Gasteiger partial charge on any atom is 0.324 e. The lowest BCUT2D eigenvalue weighted by molar-refractivity contribution is -0.155. The molecular weight excluding hydrogens is 789 g/mol. The van der Waals surface area contributed by atoms with Crippen LogP contribution < -0.4 is 15.6 Å². The number of aryl methyl sites for hydroxylation is 2. The number of thiazole rings is 1. The summed E-state index contributed by atoms with van der Waals surface area (Å²) in [7, 11) is 1.75. The van der Waals surface area contributed by atoms with E-state index in [1.54, 1.807) is 7.11 Å². The molecule has 2 N–H and O–H groups in total. The lowest BCUT2D eigenvalue weighted by Crippen LogP contribution is -2.60. The molecule has 6 bridgehead atoms. The molecule has 4 aromatic rings. The molecule has 6 atom stereocenters. The first-order chi connectivity index (χ1) is 29.3. The molecule has 0 radical (unpaired) electrons. The molecule has 2 amide bonds. The van der Waals surface area contributed by atoms with Gasteiger partial charge in [-0.15, -0.1) is 11.3 Å². The summed E-state index contributed by atoms with van der Waals surface area (Å²) in [4.78, 5) is 57.0. The van der Waals surface area contributed by atoms with E-state index in [-0.39, 0.29) is 54.7 Å². The number of methoxy groups -OCH3 is 1. The summed E-state index contributed by atoms with van der Waals surface area (Å²) in [5.74, 6) is -0.326. The molecule has 1 unspecified atom stereocenters. The highest BCUT2D eigenvalue weighted by atomic mass is 32.1. The van der Waals surface area contributed by atoms with Crippen LogP contribution in [0.2, 0.25) is 0 Å². The van der Waals surface area contributed by atoms with Gasteiger partial charge in [0.1, 0.15) is 12.1 Å². The summed E-state index contributed by atoms with van der Waals surface area (Å²) >= 11 is 1.52. The molecule has 14 heteroatoms. The Morgan fingerprint density at radius 2 is 1.87 bits per heavy atom. The first-order valence-corrected chi connectivity index (χ1v) is 23.4. The van der Waals surface area contributed by atoms with E-state index < -0.39 is 17.5 Å². The van der Waals surface area contributed by atoms with Gasteiger partial charge in [-0.2, -0.15) is 0 Å². The van der Waals surface area contributed by atoms with Crippen molar-refractivity contribution in [1.29, 1.82) is 0 Å². The molecule has 4 aliphatic heterocycles. The van der Waals surface area contributed by atoms with Gasteiger partial charge in [0.15, 0.2) is 0 Å². The zero-order valence-electron chi connectivity index (χ0n) is 36.9. The fourth-order valence-electron chi connectivity index (χ4n) is 10.2. The summed E-state index contributed by atoms with van der Waals surface area (Å²) in [6, 6.07) is 5.43. The number of cyclic esters (lactones) is 1. The van der Waals surface area contributed by atoms with E-state index >= 15 is 0 Å². The zero-order chi connectivity index (χ0) is 42.7. The van der Waals surface area contributed by atoms with Crippen LogP contribution in [0.5, 0.6) is 0 Å². The smallest absolute Gasteiger partial charge is 0.324 e. The van der Waals surface area contributed by atoms with Gasteiger partial charge in [0.2, 0.25) is 5.91 Å². The van der Waals surface area contributed by atoms with Crippen molar-refractivity contribution < 1.29 is 23.9 Å². The van der Waals surface area contributed by atoms with Crippen molar-refractivity contribution >= 4 is 45.7 Å². The van der Waals surface area contributed by atoms with Crippen LogP contribution in [0.3, 0.4) is 0 Å². The first-order valence-electron chi connectivity index (χ1n) is 22.5. The number of carbonyl (C=O) groups excluding carboxylic acids is 3. The highest BCUT2D eigenvalue weighted by molar-refractivity contribution is 7.10. The number of pyridine rings is 1. The van der Waals surface area contributed by atoms with Crippen LogP contribution >= 0.6 is 11.3 Å². The highest BCUT2D eigenvalue weighted by Crippen LogP contribution is 2.47. The second-order valence-corrected chi connectivity index (χ2v) is 19.9. The first kappa shape index (κ1) is 42.0. The second kappa shape index (κ2) is 16.7. The predicted molar refractivity (Wildman–Crippen MR) is 238 cm³/mol. The highest BCUT2D eigenvalue weighted by Gasteiger charge is 2.49. The van der Waals surface area contributed by atoms with Crippen LogP contribution in [0, 0.1) is 23.2 Å². The number of amides is 2. The number of ether oxygens (including phenoxy) is 2. The maximum atomic E-state index is 14.3. The Hall–Kier alpha value is -4.37. The van der Waals surface area contributed by atoms with Crippen LogP contribution in [0.1, 0.15) is 88.7 Å². The molecule has 326 valence electrons. The number of hydrogen-bond donors (Lipinski definition) is 2.